The summed E-state index contributed by atoms with van der Waals surface area (Å²) < 4.78 is 0. The SMILES string of the molecule is Cc1nc(N)sc1C(=O)NC1CCC(=O)NC1=O. The molecule has 0 bridgehead atoms. The Bertz CT molecular complexity index is 525. The maximum atomic E-state index is 11.9. The summed E-state index contributed by atoms with van der Waals surface area (Å²) in [4.78, 5) is 38.7. The van der Waals surface area contributed by atoms with Gasteiger partial charge in [0, 0.05) is 6.42 Å². The lowest BCUT2D eigenvalue weighted by Crippen LogP contribution is -2.52. The molecule has 2 heterocycles. The molecule has 4 N–H and O–H groups in total. The first-order valence-corrected chi connectivity index (χ1v) is 6.16. The summed E-state index contributed by atoms with van der Waals surface area (Å²) in [5, 5.41) is 5.05. The van der Waals surface area contributed by atoms with Crippen molar-refractivity contribution >= 4 is 34.2 Å². The van der Waals surface area contributed by atoms with Gasteiger partial charge in [-0.2, -0.15) is 0 Å². The van der Waals surface area contributed by atoms with Crippen LogP contribution in [0.5, 0.6) is 0 Å². The molecule has 0 spiro atoms. The number of rotatable bonds is 2. The second kappa shape index (κ2) is 4.73. The highest BCUT2D eigenvalue weighted by molar-refractivity contribution is 7.17. The van der Waals surface area contributed by atoms with Crippen molar-refractivity contribution in [2.45, 2.75) is 25.8 Å². The molecule has 3 amide bonds. The third-order valence-corrected chi connectivity index (χ3v) is 3.55. The second-order valence-electron chi connectivity index (χ2n) is 3.94. The zero-order valence-electron chi connectivity index (χ0n) is 9.65. The fraction of sp³-hybridized carbons (Fsp3) is 0.400. The Kier molecular flexibility index (Phi) is 3.28. The Hall–Kier alpha value is -1.96. The standard InChI is InChI=1S/C10H12N4O3S/c1-4-7(18-10(11)12-4)9(17)13-5-2-3-6(15)14-8(5)16/h5H,2-3H2,1H3,(H2,11,12)(H,13,17)(H,14,15,16). The third kappa shape index (κ3) is 2.48. The van der Waals surface area contributed by atoms with Gasteiger partial charge in [-0.3, -0.25) is 19.7 Å². The Labute approximate surface area is 107 Å². The topological polar surface area (TPSA) is 114 Å². The van der Waals surface area contributed by atoms with E-state index < -0.39 is 17.9 Å². The van der Waals surface area contributed by atoms with Crippen LogP contribution in [0.25, 0.3) is 0 Å². The fourth-order valence-electron chi connectivity index (χ4n) is 1.68. The molecular formula is C10H12N4O3S. The predicted octanol–water partition coefficient (Wildman–Crippen LogP) is -0.431. The number of carbonyl (C=O) groups excluding carboxylic acids is 3. The van der Waals surface area contributed by atoms with E-state index in [0.717, 1.165) is 11.3 Å². The van der Waals surface area contributed by atoms with Crippen LogP contribution in [0.2, 0.25) is 0 Å². The number of piperidine rings is 1. The number of nitrogens with zero attached hydrogens (tertiary/aromatic N) is 1. The van der Waals surface area contributed by atoms with Gasteiger partial charge in [-0.05, 0) is 13.3 Å². The minimum atomic E-state index is -0.682. The highest BCUT2D eigenvalue weighted by Crippen LogP contribution is 2.19. The number of carbonyl (C=O) groups is 3. The first-order valence-electron chi connectivity index (χ1n) is 5.35. The van der Waals surface area contributed by atoms with E-state index in [4.69, 9.17) is 5.73 Å². The van der Waals surface area contributed by atoms with Gasteiger partial charge in [0.15, 0.2) is 5.13 Å². The predicted molar refractivity (Wildman–Crippen MR) is 64.9 cm³/mol. The minimum absolute atomic E-state index is 0.223. The van der Waals surface area contributed by atoms with Crippen LogP contribution >= 0.6 is 11.3 Å². The number of amides is 3. The number of nitrogen functional groups attached to an aromatic ring is 1. The third-order valence-electron chi connectivity index (χ3n) is 2.56. The van der Waals surface area contributed by atoms with Gasteiger partial charge in [-0.15, -0.1) is 0 Å². The maximum absolute atomic E-state index is 11.9. The number of anilines is 1. The molecule has 0 aromatic carbocycles. The molecule has 8 heteroatoms. The largest absolute Gasteiger partial charge is 0.375 e. The second-order valence-corrected chi connectivity index (χ2v) is 4.97. The van der Waals surface area contributed by atoms with Crippen molar-refractivity contribution in [3.8, 4) is 0 Å². The molecule has 1 unspecified atom stereocenters. The Balaban J connectivity index is 2.06. The summed E-state index contributed by atoms with van der Waals surface area (Å²) in [6.45, 7) is 1.67. The number of hydrogen-bond acceptors (Lipinski definition) is 6. The van der Waals surface area contributed by atoms with Crippen molar-refractivity contribution in [2.24, 2.45) is 0 Å². The Morgan fingerprint density at radius 3 is 2.83 bits per heavy atom. The number of hydrogen-bond donors (Lipinski definition) is 3. The van der Waals surface area contributed by atoms with Crippen LogP contribution in [-0.4, -0.2) is 28.7 Å². The molecule has 96 valence electrons. The monoisotopic (exact) mass is 268 g/mol. The van der Waals surface area contributed by atoms with Gasteiger partial charge in [0.05, 0.1) is 5.69 Å². The summed E-state index contributed by atoms with van der Waals surface area (Å²) in [6, 6.07) is -0.682. The molecule has 7 nitrogen and oxygen atoms in total. The van der Waals surface area contributed by atoms with E-state index in [1.807, 2.05) is 0 Å². The first-order chi connectivity index (χ1) is 8.47. The zero-order chi connectivity index (χ0) is 13.3. The van der Waals surface area contributed by atoms with Crippen LogP contribution in [-0.2, 0) is 9.59 Å². The van der Waals surface area contributed by atoms with E-state index in [-0.39, 0.29) is 12.3 Å². The molecule has 1 aromatic rings. The van der Waals surface area contributed by atoms with Crippen molar-refractivity contribution in [3.63, 3.8) is 0 Å². The number of aromatic nitrogens is 1. The van der Waals surface area contributed by atoms with Crippen LogP contribution < -0.4 is 16.4 Å². The fourth-order valence-corrected chi connectivity index (χ4v) is 2.42. The van der Waals surface area contributed by atoms with Gasteiger partial charge in [0.2, 0.25) is 11.8 Å². The van der Waals surface area contributed by atoms with Crippen LogP contribution in [0.3, 0.4) is 0 Å². The van der Waals surface area contributed by atoms with Crippen molar-refractivity contribution in [1.82, 2.24) is 15.6 Å². The van der Waals surface area contributed by atoms with E-state index in [0.29, 0.717) is 22.1 Å². The number of aryl methyl sites for hydroxylation is 1. The first kappa shape index (κ1) is 12.5. The highest BCUT2D eigenvalue weighted by atomic mass is 32.1. The molecule has 2 rings (SSSR count). The lowest BCUT2D eigenvalue weighted by molar-refractivity contribution is -0.134. The molecule has 0 radical (unpaired) electrons. The van der Waals surface area contributed by atoms with Crippen LogP contribution in [0.1, 0.15) is 28.2 Å². The van der Waals surface area contributed by atoms with Crippen molar-refractivity contribution in [2.75, 3.05) is 5.73 Å². The van der Waals surface area contributed by atoms with Gasteiger partial charge in [-0.25, -0.2) is 4.98 Å². The van der Waals surface area contributed by atoms with E-state index in [9.17, 15) is 14.4 Å². The molecule has 1 aromatic heterocycles. The van der Waals surface area contributed by atoms with Crippen LogP contribution in [0, 0.1) is 6.92 Å². The van der Waals surface area contributed by atoms with Crippen molar-refractivity contribution in [3.05, 3.63) is 10.6 Å². The van der Waals surface area contributed by atoms with Gasteiger partial charge in [0.25, 0.3) is 5.91 Å². The molecule has 1 aliphatic heterocycles. The molecule has 18 heavy (non-hydrogen) atoms. The summed E-state index contributed by atoms with van der Waals surface area (Å²) >= 11 is 1.07. The summed E-state index contributed by atoms with van der Waals surface area (Å²) in [6.07, 6.45) is 0.532. The summed E-state index contributed by atoms with van der Waals surface area (Å²) in [5.74, 6) is -1.19. The van der Waals surface area contributed by atoms with Crippen LogP contribution in [0.15, 0.2) is 0 Å². The average Bonchev–Trinajstić information content (AvgIpc) is 2.62. The molecule has 1 saturated heterocycles. The van der Waals surface area contributed by atoms with E-state index in [1.54, 1.807) is 6.92 Å². The van der Waals surface area contributed by atoms with Gasteiger partial charge >= 0.3 is 0 Å². The molecule has 0 aliphatic carbocycles. The Morgan fingerprint density at radius 1 is 1.56 bits per heavy atom. The van der Waals surface area contributed by atoms with Gasteiger partial charge in [-0.1, -0.05) is 11.3 Å². The summed E-state index contributed by atoms with van der Waals surface area (Å²) in [5.41, 5.74) is 6.03. The number of imide groups is 1. The van der Waals surface area contributed by atoms with E-state index in [1.165, 1.54) is 0 Å². The Morgan fingerprint density at radius 2 is 2.28 bits per heavy atom. The van der Waals surface area contributed by atoms with Crippen molar-refractivity contribution < 1.29 is 14.4 Å². The number of nitrogens with one attached hydrogen (secondary N) is 2. The van der Waals surface area contributed by atoms with Gasteiger partial charge < -0.3 is 11.1 Å². The number of thiazole rings is 1. The lowest BCUT2D eigenvalue weighted by Gasteiger charge is -2.21. The van der Waals surface area contributed by atoms with E-state index in [2.05, 4.69) is 15.6 Å². The average molecular weight is 268 g/mol. The van der Waals surface area contributed by atoms with Crippen LogP contribution in [0.4, 0.5) is 5.13 Å². The molecule has 1 fully saturated rings. The highest BCUT2D eigenvalue weighted by Gasteiger charge is 2.29. The van der Waals surface area contributed by atoms with Gasteiger partial charge in [0.1, 0.15) is 10.9 Å². The smallest absolute Gasteiger partial charge is 0.264 e. The number of nitrogens with two attached hydrogens (primary N) is 1. The molecular weight excluding hydrogens is 256 g/mol. The lowest BCUT2D eigenvalue weighted by atomic mass is 10.1. The maximum Gasteiger partial charge on any atom is 0.264 e. The molecule has 0 saturated carbocycles. The van der Waals surface area contributed by atoms with Crippen molar-refractivity contribution in [1.29, 1.82) is 0 Å². The quantitative estimate of drug-likeness (QED) is 0.630. The zero-order valence-corrected chi connectivity index (χ0v) is 10.5. The molecule has 1 atom stereocenters. The normalized spacial score (nSPS) is 19.5. The summed E-state index contributed by atoms with van der Waals surface area (Å²) in [7, 11) is 0. The molecule has 1 aliphatic rings. The van der Waals surface area contributed by atoms with E-state index >= 15 is 0 Å². The minimum Gasteiger partial charge on any atom is -0.375 e.